The fraction of sp³-hybridized carbons (Fsp3) is 0.786. The van der Waals surface area contributed by atoms with Crippen LogP contribution in [0.15, 0.2) is 0 Å². The Kier molecular flexibility index (Phi) is 4.56. The molecule has 5 nitrogen and oxygen atoms in total. The average Bonchev–Trinajstić information content (AvgIpc) is 2.54. The smallest absolute Gasteiger partial charge is 0.306 e. The first-order valence-corrected chi connectivity index (χ1v) is 7.15. The minimum atomic E-state index is -0.792. The van der Waals surface area contributed by atoms with E-state index in [1.807, 2.05) is 0 Å². The molecule has 0 bridgehead atoms. The first-order chi connectivity index (χ1) is 9.09. The second-order valence-corrected chi connectivity index (χ2v) is 5.59. The molecule has 2 aliphatic rings. The molecular formula is C14H21NO4. The van der Waals surface area contributed by atoms with Crippen molar-refractivity contribution in [1.29, 1.82) is 0 Å². The number of imide groups is 1. The SMILES string of the molecule is O=C(O)C1CCCCC1CN1C(=O)CCCCC1=O. The molecule has 1 N–H and O–H groups in total. The van der Waals surface area contributed by atoms with Crippen molar-refractivity contribution in [2.24, 2.45) is 11.8 Å². The Morgan fingerprint density at radius 2 is 1.63 bits per heavy atom. The van der Waals surface area contributed by atoms with Crippen LogP contribution in [0.3, 0.4) is 0 Å². The third kappa shape index (κ3) is 3.33. The summed E-state index contributed by atoms with van der Waals surface area (Å²) in [4.78, 5) is 36.4. The first-order valence-electron chi connectivity index (χ1n) is 7.15. The van der Waals surface area contributed by atoms with Gasteiger partial charge < -0.3 is 5.11 Å². The van der Waals surface area contributed by atoms with Crippen molar-refractivity contribution in [2.75, 3.05) is 6.54 Å². The number of carbonyl (C=O) groups is 3. The highest BCUT2D eigenvalue weighted by Crippen LogP contribution is 2.31. The van der Waals surface area contributed by atoms with E-state index in [0.717, 1.165) is 32.1 Å². The molecule has 0 aromatic carbocycles. The lowest BCUT2D eigenvalue weighted by molar-refractivity contribution is -0.150. The van der Waals surface area contributed by atoms with Gasteiger partial charge in [-0.05, 0) is 31.6 Å². The monoisotopic (exact) mass is 267 g/mol. The molecule has 2 rings (SSSR count). The van der Waals surface area contributed by atoms with Crippen molar-refractivity contribution in [3.8, 4) is 0 Å². The molecule has 1 heterocycles. The first kappa shape index (κ1) is 14.0. The highest BCUT2D eigenvalue weighted by atomic mass is 16.4. The maximum atomic E-state index is 11.9. The van der Waals surface area contributed by atoms with E-state index in [2.05, 4.69) is 0 Å². The van der Waals surface area contributed by atoms with E-state index in [-0.39, 0.29) is 17.7 Å². The molecule has 0 spiro atoms. The van der Waals surface area contributed by atoms with E-state index in [1.165, 1.54) is 4.90 Å². The van der Waals surface area contributed by atoms with Crippen LogP contribution in [0, 0.1) is 11.8 Å². The average molecular weight is 267 g/mol. The Balaban J connectivity index is 2.06. The van der Waals surface area contributed by atoms with Crippen LogP contribution in [0.25, 0.3) is 0 Å². The van der Waals surface area contributed by atoms with Gasteiger partial charge in [-0.15, -0.1) is 0 Å². The van der Waals surface area contributed by atoms with E-state index in [4.69, 9.17) is 0 Å². The summed E-state index contributed by atoms with van der Waals surface area (Å²) in [6, 6.07) is 0. The van der Waals surface area contributed by atoms with Gasteiger partial charge in [0.1, 0.15) is 0 Å². The zero-order valence-corrected chi connectivity index (χ0v) is 11.1. The molecule has 2 amide bonds. The third-order valence-corrected chi connectivity index (χ3v) is 4.28. The van der Waals surface area contributed by atoms with Crippen molar-refractivity contribution < 1.29 is 19.5 Å². The third-order valence-electron chi connectivity index (χ3n) is 4.28. The number of carbonyl (C=O) groups excluding carboxylic acids is 2. The fourth-order valence-corrected chi connectivity index (χ4v) is 3.15. The highest BCUT2D eigenvalue weighted by molar-refractivity contribution is 5.96. The Morgan fingerprint density at radius 1 is 1.05 bits per heavy atom. The summed E-state index contributed by atoms with van der Waals surface area (Å²) in [5.41, 5.74) is 0. The van der Waals surface area contributed by atoms with Crippen LogP contribution >= 0.6 is 0 Å². The van der Waals surface area contributed by atoms with Crippen LogP contribution in [-0.2, 0) is 14.4 Å². The number of rotatable bonds is 3. The Labute approximate surface area is 113 Å². The summed E-state index contributed by atoms with van der Waals surface area (Å²) in [6.45, 7) is 0.300. The van der Waals surface area contributed by atoms with Crippen molar-refractivity contribution in [1.82, 2.24) is 4.90 Å². The minimum absolute atomic E-state index is 0.0720. The number of amides is 2. The number of hydrogen-bond acceptors (Lipinski definition) is 3. The van der Waals surface area contributed by atoms with Crippen LogP contribution in [0.4, 0.5) is 0 Å². The molecule has 1 saturated carbocycles. The molecule has 0 radical (unpaired) electrons. The van der Waals surface area contributed by atoms with Crippen LogP contribution in [0.5, 0.6) is 0 Å². The molecule has 0 aromatic heterocycles. The topological polar surface area (TPSA) is 74.7 Å². The van der Waals surface area contributed by atoms with E-state index in [1.54, 1.807) is 0 Å². The zero-order valence-electron chi connectivity index (χ0n) is 11.1. The molecule has 2 unspecified atom stereocenters. The summed E-state index contributed by atoms with van der Waals surface area (Å²) < 4.78 is 0. The van der Waals surface area contributed by atoms with Gasteiger partial charge in [0.2, 0.25) is 11.8 Å². The van der Waals surface area contributed by atoms with Gasteiger partial charge in [0.05, 0.1) is 5.92 Å². The Hall–Kier alpha value is -1.39. The minimum Gasteiger partial charge on any atom is -0.481 e. The molecule has 19 heavy (non-hydrogen) atoms. The number of nitrogens with zero attached hydrogens (tertiary/aromatic N) is 1. The number of carboxylic acids is 1. The molecule has 1 saturated heterocycles. The van der Waals surface area contributed by atoms with Crippen LogP contribution < -0.4 is 0 Å². The molecule has 2 atom stereocenters. The quantitative estimate of drug-likeness (QED) is 0.791. The second-order valence-electron chi connectivity index (χ2n) is 5.59. The predicted molar refractivity (Wildman–Crippen MR) is 68.3 cm³/mol. The van der Waals surface area contributed by atoms with Crippen LogP contribution in [-0.4, -0.2) is 34.3 Å². The second kappa shape index (κ2) is 6.17. The Morgan fingerprint density at radius 3 is 2.21 bits per heavy atom. The van der Waals surface area contributed by atoms with E-state index >= 15 is 0 Å². The highest BCUT2D eigenvalue weighted by Gasteiger charge is 2.35. The lowest BCUT2D eigenvalue weighted by atomic mass is 9.79. The van der Waals surface area contributed by atoms with Gasteiger partial charge in [0.15, 0.2) is 0 Å². The van der Waals surface area contributed by atoms with Gasteiger partial charge in [0.25, 0.3) is 0 Å². The van der Waals surface area contributed by atoms with Crippen molar-refractivity contribution >= 4 is 17.8 Å². The fourth-order valence-electron chi connectivity index (χ4n) is 3.15. The summed E-state index contributed by atoms with van der Waals surface area (Å²) in [7, 11) is 0. The van der Waals surface area contributed by atoms with Crippen LogP contribution in [0.1, 0.15) is 51.4 Å². The van der Waals surface area contributed by atoms with E-state index in [9.17, 15) is 19.5 Å². The molecule has 5 heteroatoms. The maximum absolute atomic E-state index is 11.9. The number of hydrogen-bond donors (Lipinski definition) is 1. The summed E-state index contributed by atoms with van der Waals surface area (Å²) in [6.07, 6.45) is 5.72. The molecule has 106 valence electrons. The van der Waals surface area contributed by atoms with E-state index in [0.29, 0.717) is 25.8 Å². The predicted octanol–water partition coefficient (Wildman–Crippen LogP) is 1.81. The summed E-state index contributed by atoms with van der Waals surface area (Å²) >= 11 is 0. The largest absolute Gasteiger partial charge is 0.481 e. The molecule has 2 fully saturated rings. The normalized spacial score (nSPS) is 29.2. The van der Waals surface area contributed by atoms with Gasteiger partial charge in [-0.3, -0.25) is 19.3 Å². The summed E-state index contributed by atoms with van der Waals surface area (Å²) in [5, 5.41) is 9.24. The van der Waals surface area contributed by atoms with Crippen molar-refractivity contribution in [3.05, 3.63) is 0 Å². The van der Waals surface area contributed by atoms with Crippen molar-refractivity contribution in [2.45, 2.75) is 51.4 Å². The lowest BCUT2D eigenvalue weighted by Crippen LogP contribution is -2.42. The zero-order chi connectivity index (χ0) is 13.8. The Bertz CT molecular complexity index is 362. The van der Waals surface area contributed by atoms with Gasteiger partial charge in [-0.2, -0.15) is 0 Å². The summed E-state index contributed by atoms with van der Waals surface area (Å²) in [5.74, 6) is -1.52. The molecule has 1 aliphatic carbocycles. The maximum Gasteiger partial charge on any atom is 0.306 e. The lowest BCUT2D eigenvalue weighted by Gasteiger charge is -2.32. The number of likely N-dealkylation sites (tertiary alicyclic amines) is 1. The van der Waals surface area contributed by atoms with Gasteiger partial charge >= 0.3 is 5.97 Å². The van der Waals surface area contributed by atoms with Crippen molar-refractivity contribution in [3.63, 3.8) is 0 Å². The van der Waals surface area contributed by atoms with Gasteiger partial charge in [0, 0.05) is 19.4 Å². The number of aliphatic carboxylic acids is 1. The molecule has 1 aliphatic heterocycles. The van der Waals surface area contributed by atoms with Crippen LogP contribution in [0.2, 0.25) is 0 Å². The van der Waals surface area contributed by atoms with E-state index < -0.39 is 11.9 Å². The van der Waals surface area contributed by atoms with Gasteiger partial charge in [-0.1, -0.05) is 12.8 Å². The standard InChI is InChI=1S/C14H21NO4/c16-12-7-3-4-8-13(17)15(12)9-10-5-1-2-6-11(10)14(18)19/h10-11H,1-9H2,(H,18,19). The molecule has 0 aromatic rings. The van der Waals surface area contributed by atoms with Gasteiger partial charge in [-0.25, -0.2) is 0 Å². The number of carboxylic acid groups (broad SMARTS) is 1. The molecular weight excluding hydrogens is 246 g/mol.